The number of ether oxygens (including phenoxy) is 2. The molecule has 2 heterocycles. The normalized spacial score (nSPS) is 22.3. The number of hydrogen-bond acceptors (Lipinski definition) is 3. The summed E-state index contributed by atoms with van der Waals surface area (Å²) < 4.78 is 13.7. The Hall–Kier alpha value is -1.52. The Labute approximate surface area is 124 Å². The number of hydrogen-bond donors (Lipinski definition) is 1. The Balaban J connectivity index is 1.63. The predicted octanol–water partition coefficient (Wildman–Crippen LogP) is 3.28. The molecule has 112 valence electrons. The van der Waals surface area contributed by atoms with Gasteiger partial charge in [0.15, 0.2) is 5.79 Å². The van der Waals surface area contributed by atoms with Gasteiger partial charge in [-0.1, -0.05) is 0 Å². The van der Waals surface area contributed by atoms with Crippen LogP contribution in [-0.2, 0) is 16.5 Å². The lowest BCUT2D eigenvalue weighted by molar-refractivity contribution is -0.178. The van der Waals surface area contributed by atoms with E-state index in [0.717, 1.165) is 44.4 Å². The average Bonchev–Trinajstić information content (AvgIpc) is 3.06. The van der Waals surface area contributed by atoms with Gasteiger partial charge >= 0.3 is 0 Å². The van der Waals surface area contributed by atoms with Crippen molar-refractivity contribution in [3.8, 4) is 5.75 Å². The molecular weight excluding hydrogens is 266 g/mol. The molecule has 1 saturated heterocycles. The number of aromatic nitrogens is 1. The molecular formula is C17H21NO3. The van der Waals surface area contributed by atoms with Crippen LogP contribution in [0.1, 0.15) is 37.2 Å². The molecule has 4 heteroatoms. The molecule has 1 N–H and O–H groups in total. The Morgan fingerprint density at radius 2 is 1.90 bits per heavy atom. The molecule has 0 unspecified atom stereocenters. The molecule has 2 fully saturated rings. The van der Waals surface area contributed by atoms with Gasteiger partial charge in [0.25, 0.3) is 0 Å². The number of phenolic OH excluding ortho intramolecular Hbond substituents is 1. The van der Waals surface area contributed by atoms with Crippen LogP contribution in [0.25, 0.3) is 10.9 Å². The highest BCUT2D eigenvalue weighted by Gasteiger charge is 2.40. The number of benzene rings is 1. The van der Waals surface area contributed by atoms with Gasteiger partial charge in [0.1, 0.15) is 5.75 Å². The molecule has 1 aliphatic heterocycles. The first-order valence-electron chi connectivity index (χ1n) is 7.73. The van der Waals surface area contributed by atoms with Crippen molar-refractivity contribution in [2.45, 2.75) is 37.4 Å². The van der Waals surface area contributed by atoms with E-state index in [9.17, 15) is 5.11 Å². The molecule has 0 radical (unpaired) electrons. The van der Waals surface area contributed by atoms with Crippen LogP contribution in [0.4, 0.5) is 0 Å². The summed E-state index contributed by atoms with van der Waals surface area (Å²) in [7, 11) is 2.04. The smallest absolute Gasteiger partial charge is 0.168 e. The van der Waals surface area contributed by atoms with Crippen LogP contribution in [0.15, 0.2) is 24.4 Å². The summed E-state index contributed by atoms with van der Waals surface area (Å²) in [5.74, 6) is 0.585. The highest BCUT2D eigenvalue weighted by Crippen LogP contribution is 2.44. The maximum atomic E-state index is 9.67. The summed E-state index contributed by atoms with van der Waals surface area (Å²) in [4.78, 5) is 0. The highest BCUT2D eigenvalue weighted by molar-refractivity contribution is 5.85. The van der Waals surface area contributed by atoms with Gasteiger partial charge in [0, 0.05) is 37.5 Å². The zero-order valence-electron chi connectivity index (χ0n) is 12.3. The second-order valence-corrected chi connectivity index (χ2v) is 6.28. The first-order chi connectivity index (χ1) is 10.2. The fraction of sp³-hybridized carbons (Fsp3) is 0.529. The zero-order chi connectivity index (χ0) is 14.4. The molecule has 0 amide bonds. The van der Waals surface area contributed by atoms with Gasteiger partial charge in [-0.3, -0.25) is 0 Å². The monoisotopic (exact) mass is 287 g/mol. The van der Waals surface area contributed by atoms with E-state index in [0.29, 0.717) is 11.7 Å². The van der Waals surface area contributed by atoms with E-state index in [1.807, 2.05) is 19.2 Å². The minimum Gasteiger partial charge on any atom is -0.508 e. The highest BCUT2D eigenvalue weighted by atomic mass is 16.7. The topological polar surface area (TPSA) is 43.6 Å². The molecule has 1 aromatic heterocycles. The summed E-state index contributed by atoms with van der Waals surface area (Å²) in [6.07, 6.45) is 6.36. The average molecular weight is 287 g/mol. The number of fused-ring (bicyclic) bond motifs is 1. The van der Waals surface area contributed by atoms with Gasteiger partial charge in [0.05, 0.1) is 18.7 Å². The fourth-order valence-corrected chi connectivity index (χ4v) is 3.88. The maximum Gasteiger partial charge on any atom is 0.168 e. The first-order valence-corrected chi connectivity index (χ1v) is 7.73. The molecule has 2 aromatic rings. The lowest BCUT2D eigenvalue weighted by atomic mass is 9.81. The second-order valence-electron chi connectivity index (χ2n) is 6.28. The molecule has 4 rings (SSSR count). The third-order valence-electron chi connectivity index (χ3n) is 5.01. The van der Waals surface area contributed by atoms with Crippen molar-refractivity contribution in [1.82, 2.24) is 4.57 Å². The molecule has 1 spiro atoms. The third kappa shape index (κ3) is 2.14. The van der Waals surface area contributed by atoms with Crippen LogP contribution in [0, 0.1) is 0 Å². The van der Waals surface area contributed by atoms with Crippen molar-refractivity contribution >= 4 is 10.9 Å². The van der Waals surface area contributed by atoms with Gasteiger partial charge in [-0.05, 0) is 36.5 Å². The summed E-state index contributed by atoms with van der Waals surface area (Å²) in [6.45, 7) is 1.47. The molecule has 1 aliphatic carbocycles. The van der Waals surface area contributed by atoms with Crippen molar-refractivity contribution in [2.24, 2.45) is 7.05 Å². The van der Waals surface area contributed by atoms with E-state index in [2.05, 4.69) is 10.8 Å². The van der Waals surface area contributed by atoms with Crippen LogP contribution in [0.5, 0.6) is 5.75 Å². The van der Waals surface area contributed by atoms with E-state index >= 15 is 0 Å². The molecule has 4 nitrogen and oxygen atoms in total. The van der Waals surface area contributed by atoms with Crippen LogP contribution < -0.4 is 0 Å². The first kappa shape index (κ1) is 13.2. The molecule has 0 bridgehead atoms. The fourth-order valence-electron chi connectivity index (χ4n) is 3.88. The van der Waals surface area contributed by atoms with Crippen molar-refractivity contribution in [2.75, 3.05) is 13.2 Å². The summed E-state index contributed by atoms with van der Waals surface area (Å²) in [5, 5.41) is 10.9. The Kier molecular flexibility index (Phi) is 2.98. The van der Waals surface area contributed by atoms with Crippen molar-refractivity contribution < 1.29 is 14.6 Å². The van der Waals surface area contributed by atoms with Crippen LogP contribution in [0.3, 0.4) is 0 Å². The van der Waals surface area contributed by atoms with Gasteiger partial charge in [-0.15, -0.1) is 0 Å². The second kappa shape index (κ2) is 4.75. The maximum absolute atomic E-state index is 9.67. The van der Waals surface area contributed by atoms with E-state index < -0.39 is 0 Å². The SMILES string of the molecule is Cn1cc(C2CCC3(CC2)OCCO3)c2ccc(O)cc21. The summed E-state index contributed by atoms with van der Waals surface area (Å²) in [5.41, 5.74) is 2.49. The number of aryl methyl sites for hydroxylation is 1. The minimum atomic E-state index is -0.292. The number of phenols is 1. The minimum absolute atomic E-state index is 0.292. The standard InChI is InChI=1S/C17H21NO3/c1-18-11-15(14-3-2-13(19)10-16(14)18)12-4-6-17(7-5-12)20-8-9-21-17/h2-3,10-12,19H,4-9H2,1H3. The van der Waals surface area contributed by atoms with Crippen LogP contribution in [-0.4, -0.2) is 28.7 Å². The number of nitrogens with zero attached hydrogens (tertiary/aromatic N) is 1. The van der Waals surface area contributed by atoms with Crippen LogP contribution in [0.2, 0.25) is 0 Å². The number of rotatable bonds is 1. The quantitative estimate of drug-likeness (QED) is 0.875. The molecule has 1 aromatic carbocycles. The largest absolute Gasteiger partial charge is 0.508 e. The van der Waals surface area contributed by atoms with E-state index in [4.69, 9.17) is 9.47 Å². The predicted molar refractivity (Wildman–Crippen MR) is 80.4 cm³/mol. The van der Waals surface area contributed by atoms with Crippen LogP contribution >= 0.6 is 0 Å². The van der Waals surface area contributed by atoms with Gasteiger partial charge in [0.2, 0.25) is 0 Å². The third-order valence-corrected chi connectivity index (χ3v) is 5.01. The van der Waals surface area contributed by atoms with E-state index in [-0.39, 0.29) is 5.79 Å². The Bertz CT molecular complexity index is 660. The van der Waals surface area contributed by atoms with Gasteiger partial charge < -0.3 is 19.1 Å². The summed E-state index contributed by atoms with van der Waals surface area (Å²) >= 11 is 0. The zero-order valence-corrected chi connectivity index (χ0v) is 12.3. The van der Waals surface area contributed by atoms with E-state index in [1.54, 1.807) is 6.07 Å². The van der Waals surface area contributed by atoms with Crippen molar-refractivity contribution in [1.29, 1.82) is 0 Å². The Morgan fingerprint density at radius 1 is 1.19 bits per heavy atom. The molecule has 21 heavy (non-hydrogen) atoms. The molecule has 0 atom stereocenters. The van der Waals surface area contributed by atoms with E-state index in [1.165, 1.54) is 10.9 Å². The molecule has 1 saturated carbocycles. The lowest BCUT2D eigenvalue weighted by Crippen LogP contribution is -2.34. The van der Waals surface area contributed by atoms with Gasteiger partial charge in [-0.2, -0.15) is 0 Å². The van der Waals surface area contributed by atoms with Crippen molar-refractivity contribution in [3.63, 3.8) is 0 Å². The number of aromatic hydroxyl groups is 1. The Morgan fingerprint density at radius 3 is 2.62 bits per heavy atom. The summed E-state index contributed by atoms with van der Waals surface area (Å²) in [6, 6.07) is 5.65. The lowest BCUT2D eigenvalue weighted by Gasteiger charge is -2.35. The molecule has 2 aliphatic rings. The van der Waals surface area contributed by atoms with Gasteiger partial charge in [-0.25, -0.2) is 0 Å². The van der Waals surface area contributed by atoms with Crippen molar-refractivity contribution in [3.05, 3.63) is 30.0 Å².